The van der Waals surface area contributed by atoms with Gasteiger partial charge in [0.2, 0.25) is 0 Å². The van der Waals surface area contributed by atoms with Gasteiger partial charge in [-0.15, -0.1) is 0 Å². The van der Waals surface area contributed by atoms with E-state index in [-0.39, 0.29) is 12.5 Å². The highest BCUT2D eigenvalue weighted by Crippen LogP contribution is 2.38. The summed E-state index contributed by atoms with van der Waals surface area (Å²) < 4.78 is 12.1. The largest absolute Gasteiger partial charge is 0.494 e. The van der Waals surface area contributed by atoms with Crippen LogP contribution in [-0.2, 0) is 22.7 Å². The normalized spacial score (nSPS) is 16.9. The molecule has 0 saturated carbocycles. The highest BCUT2D eigenvalue weighted by Gasteiger charge is 2.54. The number of nitrogens with zero attached hydrogens (tertiary/aromatic N) is 1. The lowest BCUT2D eigenvalue weighted by Crippen LogP contribution is -2.64. The van der Waals surface area contributed by atoms with Crippen LogP contribution < -0.4 is 10.1 Å². The molecule has 1 saturated heterocycles. The second-order valence-corrected chi connectivity index (χ2v) is 10.3. The van der Waals surface area contributed by atoms with Crippen molar-refractivity contribution in [2.24, 2.45) is 0 Å². The molecule has 202 valence electrons. The maximum absolute atomic E-state index is 13.8. The number of unbranched alkanes of at least 4 members (excludes halogenated alkanes) is 1. The Balaban J connectivity index is 1.47. The van der Waals surface area contributed by atoms with Crippen LogP contribution in [0.15, 0.2) is 84.9 Å². The van der Waals surface area contributed by atoms with Crippen molar-refractivity contribution in [2.75, 3.05) is 25.0 Å². The average Bonchev–Trinajstić information content (AvgIpc) is 2.95. The van der Waals surface area contributed by atoms with Crippen LogP contribution in [0.3, 0.4) is 0 Å². The molecule has 1 aliphatic heterocycles. The Labute approximate surface area is 226 Å². The molecule has 1 heterocycles. The molecule has 0 radical (unpaired) electrons. The molecule has 0 bridgehead atoms. The fraction of sp³-hybridized carbons (Fsp3) is 0.406. The van der Waals surface area contributed by atoms with Crippen LogP contribution in [0.4, 0.5) is 5.69 Å². The monoisotopic (exact) mass is 516 g/mol. The molecule has 6 nitrogen and oxygen atoms in total. The number of hydrogen-bond donors (Lipinski definition) is 2. The molecule has 3 aromatic rings. The Morgan fingerprint density at radius 1 is 0.947 bits per heavy atom. The Bertz CT molecular complexity index is 1130. The third kappa shape index (κ3) is 7.01. The summed E-state index contributed by atoms with van der Waals surface area (Å²) in [4.78, 5) is 16.1. The minimum absolute atomic E-state index is 0.227. The van der Waals surface area contributed by atoms with Gasteiger partial charge in [0.15, 0.2) is 5.60 Å². The fourth-order valence-electron chi connectivity index (χ4n) is 4.83. The van der Waals surface area contributed by atoms with Crippen molar-refractivity contribution in [2.45, 2.75) is 63.9 Å². The Morgan fingerprint density at radius 3 is 2.16 bits per heavy atom. The lowest BCUT2D eigenvalue weighted by molar-refractivity contribution is -0.200. The van der Waals surface area contributed by atoms with Gasteiger partial charge in [-0.2, -0.15) is 0 Å². The summed E-state index contributed by atoms with van der Waals surface area (Å²) in [5, 5.41) is 14.9. The summed E-state index contributed by atoms with van der Waals surface area (Å²) >= 11 is 0. The van der Waals surface area contributed by atoms with Crippen molar-refractivity contribution in [3.8, 4) is 5.75 Å². The number of piperidine rings is 1. The number of amides is 1. The number of carbonyl (C=O) groups is 1. The molecular weight excluding hydrogens is 476 g/mol. The smallest absolute Gasteiger partial charge is 0.259 e. The predicted molar refractivity (Wildman–Crippen MR) is 151 cm³/mol. The first-order chi connectivity index (χ1) is 18.4. The summed E-state index contributed by atoms with van der Waals surface area (Å²) in [5.41, 5.74) is 0.0591. The van der Waals surface area contributed by atoms with E-state index < -0.39 is 11.2 Å². The van der Waals surface area contributed by atoms with E-state index in [0.29, 0.717) is 38.2 Å². The maximum atomic E-state index is 13.8. The zero-order valence-electron chi connectivity index (χ0n) is 22.6. The maximum Gasteiger partial charge on any atom is 0.259 e. The Kier molecular flexibility index (Phi) is 9.56. The number of likely N-dealkylation sites (tertiary alicyclic amines) is 1. The van der Waals surface area contributed by atoms with Crippen LogP contribution in [0.1, 0.15) is 50.7 Å². The standard InChI is InChI=1S/C32H40N2O4/c1-3-4-23-37-29-17-15-28(16-18-29)33-30(35)31(2,38-25-27-13-9-6-10-14-27)32(36)19-21-34(22-20-32)24-26-11-7-5-8-12-26/h5-18,36H,3-4,19-25H2,1-2H3,(H,33,35). The number of aliphatic hydroxyl groups is 1. The molecule has 2 N–H and O–H groups in total. The van der Waals surface area contributed by atoms with E-state index in [0.717, 1.165) is 30.7 Å². The van der Waals surface area contributed by atoms with Gasteiger partial charge >= 0.3 is 0 Å². The molecule has 1 aliphatic rings. The van der Waals surface area contributed by atoms with E-state index in [2.05, 4.69) is 29.3 Å². The zero-order chi connectivity index (χ0) is 26.8. The molecule has 1 amide bonds. The van der Waals surface area contributed by atoms with Gasteiger partial charge in [-0.1, -0.05) is 74.0 Å². The molecule has 1 unspecified atom stereocenters. The molecule has 0 aromatic heterocycles. The fourth-order valence-corrected chi connectivity index (χ4v) is 4.83. The summed E-state index contributed by atoms with van der Waals surface area (Å²) in [6, 6.07) is 27.4. The first-order valence-electron chi connectivity index (χ1n) is 13.6. The van der Waals surface area contributed by atoms with E-state index in [9.17, 15) is 9.90 Å². The summed E-state index contributed by atoms with van der Waals surface area (Å²) in [5.74, 6) is 0.413. The highest BCUT2D eigenvalue weighted by atomic mass is 16.5. The minimum atomic E-state index is -1.45. The molecule has 0 spiro atoms. The van der Waals surface area contributed by atoms with Gasteiger partial charge in [0.05, 0.1) is 13.2 Å². The first kappa shape index (κ1) is 27.8. The molecule has 3 aromatic carbocycles. The quantitative estimate of drug-likeness (QED) is 0.298. The summed E-state index contributed by atoms with van der Waals surface area (Å²) in [6.07, 6.45) is 2.94. The van der Waals surface area contributed by atoms with Crippen LogP contribution in [0.5, 0.6) is 5.75 Å². The van der Waals surface area contributed by atoms with Crippen molar-refractivity contribution >= 4 is 11.6 Å². The zero-order valence-corrected chi connectivity index (χ0v) is 22.6. The predicted octanol–water partition coefficient (Wildman–Crippen LogP) is 5.81. The Hall–Kier alpha value is -3.19. The average molecular weight is 517 g/mol. The molecule has 1 fully saturated rings. The molecule has 1 atom stereocenters. The van der Waals surface area contributed by atoms with Gasteiger partial charge < -0.3 is 19.9 Å². The van der Waals surface area contributed by atoms with Crippen LogP contribution in [0.2, 0.25) is 0 Å². The van der Waals surface area contributed by atoms with E-state index in [4.69, 9.17) is 9.47 Å². The third-order valence-corrected chi connectivity index (χ3v) is 7.50. The van der Waals surface area contributed by atoms with Gasteiger partial charge in [0.25, 0.3) is 5.91 Å². The Morgan fingerprint density at radius 2 is 1.55 bits per heavy atom. The number of nitrogens with one attached hydrogen (secondary N) is 1. The van der Waals surface area contributed by atoms with Crippen molar-refractivity contribution in [3.63, 3.8) is 0 Å². The SMILES string of the molecule is CCCCOc1ccc(NC(=O)C(C)(OCc2ccccc2)C2(O)CCN(Cc3ccccc3)CC2)cc1. The van der Waals surface area contributed by atoms with Crippen LogP contribution in [0.25, 0.3) is 0 Å². The van der Waals surface area contributed by atoms with E-state index in [1.807, 2.05) is 72.8 Å². The number of anilines is 1. The van der Waals surface area contributed by atoms with Gasteiger partial charge in [-0.25, -0.2) is 0 Å². The van der Waals surface area contributed by atoms with Crippen molar-refractivity contribution in [1.29, 1.82) is 0 Å². The minimum Gasteiger partial charge on any atom is -0.494 e. The molecular formula is C32H40N2O4. The first-order valence-corrected chi connectivity index (χ1v) is 13.6. The number of rotatable bonds is 12. The molecule has 4 rings (SSSR count). The topological polar surface area (TPSA) is 71.0 Å². The number of ether oxygens (including phenoxy) is 2. The molecule has 38 heavy (non-hydrogen) atoms. The van der Waals surface area contributed by atoms with Crippen molar-refractivity contribution in [1.82, 2.24) is 4.90 Å². The molecule has 0 aliphatic carbocycles. The summed E-state index contributed by atoms with van der Waals surface area (Å²) in [6.45, 7) is 6.91. The number of carbonyl (C=O) groups excluding carboxylic acids is 1. The van der Waals surface area contributed by atoms with Gasteiger partial charge in [0.1, 0.15) is 11.4 Å². The second kappa shape index (κ2) is 13.1. The van der Waals surface area contributed by atoms with E-state index in [1.165, 1.54) is 5.56 Å². The lowest BCUT2D eigenvalue weighted by atomic mass is 9.75. The third-order valence-electron chi connectivity index (χ3n) is 7.50. The summed E-state index contributed by atoms with van der Waals surface area (Å²) in [7, 11) is 0. The van der Waals surface area contributed by atoms with Crippen LogP contribution in [0, 0.1) is 0 Å². The number of hydrogen-bond acceptors (Lipinski definition) is 5. The van der Waals surface area contributed by atoms with E-state index >= 15 is 0 Å². The van der Waals surface area contributed by atoms with Gasteiger partial charge in [-0.3, -0.25) is 9.69 Å². The second-order valence-electron chi connectivity index (χ2n) is 10.3. The van der Waals surface area contributed by atoms with Gasteiger partial charge in [-0.05, 0) is 61.6 Å². The lowest BCUT2D eigenvalue weighted by Gasteiger charge is -2.47. The number of benzene rings is 3. The van der Waals surface area contributed by atoms with Crippen molar-refractivity contribution in [3.05, 3.63) is 96.1 Å². The van der Waals surface area contributed by atoms with Crippen LogP contribution >= 0.6 is 0 Å². The van der Waals surface area contributed by atoms with Crippen LogP contribution in [-0.4, -0.2) is 46.8 Å². The van der Waals surface area contributed by atoms with Gasteiger partial charge in [0, 0.05) is 25.3 Å². The van der Waals surface area contributed by atoms with E-state index in [1.54, 1.807) is 6.92 Å². The highest BCUT2D eigenvalue weighted by molar-refractivity contribution is 5.98. The van der Waals surface area contributed by atoms with Crippen molar-refractivity contribution < 1.29 is 19.4 Å². The molecule has 6 heteroatoms.